The molecule has 0 unspecified atom stereocenters. The first kappa shape index (κ1) is 15.1. The molecule has 2 nitrogen and oxygen atoms in total. The number of rotatable bonds is 3. The van der Waals surface area contributed by atoms with Crippen molar-refractivity contribution in [3.8, 4) is 0 Å². The molecule has 1 aromatic rings. The summed E-state index contributed by atoms with van der Waals surface area (Å²) in [6, 6.07) is 6.57. The van der Waals surface area contributed by atoms with Gasteiger partial charge in [0.2, 0.25) is 0 Å². The Labute approximate surface area is 114 Å². The monoisotopic (exact) mass is 340 g/mol. The van der Waals surface area contributed by atoms with E-state index in [1.54, 1.807) is 24.3 Å². The minimum atomic E-state index is -4.54. The lowest BCUT2D eigenvalue weighted by molar-refractivity contribution is -0.135. The van der Waals surface area contributed by atoms with Gasteiger partial charge < -0.3 is 4.74 Å². The fourth-order valence-electron chi connectivity index (χ4n) is 1.10. The van der Waals surface area contributed by atoms with Crippen LogP contribution in [0.15, 0.2) is 33.6 Å². The molecule has 0 saturated carbocycles. The molecule has 0 fully saturated rings. The zero-order valence-corrected chi connectivity index (χ0v) is 11.5. The van der Waals surface area contributed by atoms with Gasteiger partial charge in [-0.25, -0.2) is 4.79 Å². The van der Waals surface area contributed by atoms with Gasteiger partial charge in [0.1, 0.15) is 4.91 Å². The van der Waals surface area contributed by atoms with E-state index in [-0.39, 0.29) is 0 Å². The van der Waals surface area contributed by atoms with E-state index < -0.39 is 28.1 Å². The summed E-state index contributed by atoms with van der Waals surface area (Å²) in [5.41, 5.74) is -4.06. The second-order valence-corrected chi connectivity index (χ2v) is 5.13. The van der Waals surface area contributed by atoms with Crippen LogP contribution in [0.3, 0.4) is 0 Å². The van der Waals surface area contributed by atoms with E-state index >= 15 is 0 Å². The van der Waals surface area contributed by atoms with Gasteiger partial charge in [0.05, 0.1) is 7.11 Å². The predicted octanol–water partition coefficient (Wildman–Crippen LogP) is 4.22. The number of halogens is 4. The summed E-state index contributed by atoms with van der Waals surface area (Å²) in [6.07, 6.45) is 1.13. The molecule has 1 rings (SSSR count). The number of thioether (sulfide) groups is 1. The summed E-state index contributed by atoms with van der Waals surface area (Å²) in [4.78, 5) is 10.7. The van der Waals surface area contributed by atoms with Gasteiger partial charge in [-0.1, -0.05) is 28.1 Å². The third-order valence-corrected chi connectivity index (χ3v) is 2.99. The van der Waals surface area contributed by atoms with Crippen LogP contribution in [-0.2, 0) is 9.53 Å². The third kappa shape index (κ3) is 5.14. The number of alkyl halides is 3. The number of ether oxygens (including phenoxy) is 1. The van der Waals surface area contributed by atoms with Gasteiger partial charge in [-0.15, -0.1) is 0 Å². The molecule has 0 spiro atoms. The maximum atomic E-state index is 12.3. The Morgan fingerprint density at radius 2 is 2.11 bits per heavy atom. The molecule has 0 saturated heterocycles. The molecule has 0 aliphatic heterocycles. The first-order valence-corrected chi connectivity index (χ1v) is 6.24. The molecule has 0 N–H and O–H groups in total. The van der Waals surface area contributed by atoms with Crippen molar-refractivity contribution in [2.24, 2.45) is 0 Å². The Bertz CT molecular complexity index is 472. The SMILES string of the molecule is COC(=O)/C(=C/c1cccc(Br)c1)SC(F)(F)F. The number of hydrogen-bond acceptors (Lipinski definition) is 3. The normalized spacial score (nSPS) is 12.4. The van der Waals surface area contributed by atoms with Crippen molar-refractivity contribution >= 4 is 39.7 Å². The Morgan fingerprint density at radius 3 is 2.61 bits per heavy atom. The summed E-state index contributed by atoms with van der Waals surface area (Å²) in [5.74, 6) is -1.02. The Hall–Kier alpha value is -0.950. The second kappa shape index (κ2) is 6.29. The van der Waals surface area contributed by atoms with Gasteiger partial charge in [0, 0.05) is 4.47 Å². The molecule has 0 radical (unpaired) electrons. The minimum absolute atomic E-state index is 0.474. The van der Waals surface area contributed by atoms with E-state index in [1.165, 1.54) is 0 Å². The van der Waals surface area contributed by atoms with Gasteiger partial charge in [-0.3, -0.25) is 0 Å². The lowest BCUT2D eigenvalue weighted by Crippen LogP contribution is -2.08. The van der Waals surface area contributed by atoms with Crippen molar-refractivity contribution in [2.45, 2.75) is 5.51 Å². The smallest absolute Gasteiger partial charge is 0.446 e. The fourth-order valence-corrected chi connectivity index (χ4v) is 2.13. The summed E-state index contributed by atoms with van der Waals surface area (Å²) >= 11 is 2.70. The molecule has 0 bridgehead atoms. The molecule has 0 amide bonds. The van der Waals surface area contributed by atoms with Crippen molar-refractivity contribution in [1.82, 2.24) is 0 Å². The molecule has 0 aliphatic carbocycles. The topological polar surface area (TPSA) is 26.3 Å². The average Bonchev–Trinajstić information content (AvgIpc) is 2.25. The number of hydrogen-bond donors (Lipinski definition) is 0. The third-order valence-electron chi connectivity index (χ3n) is 1.76. The summed E-state index contributed by atoms with van der Waals surface area (Å²) in [5, 5.41) is 0. The van der Waals surface area contributed by atoms with Gasteiger partial charge >= 0.3 is 11.5 Å². The molecular weight excluding hydrogens is 333 g/mol. The number of benzene rings is 1. The van der Waals surface area contributed by atoms with Crippen molar-refractivity contribution < 1.29 is 22.7 Å². The zero-order chi connectivity index (χ0) is 13.8. The van der Waals surface area contributed by atoms with Crippen molar-refractivity contribution in [2.75, 3.05) is 7.11 Å². The highest BCUT2D eigenvalue weighted by atomic mass is 79.9. The van der Waals surface area contributed by atoms with Crippen LogP contribution >= 0.6 is 27.7 Å². The number of esters is 1. The van der Waals surface area contributed by atoms with Gasteiger partial charge in [-0.05, 0) is 35.5 Å². The highest BCUT2D eigenvalue weighted by Crippen LogP contribution is 2.37. The van der Waals surface area contributed by atoms with Crippen LogP contribution < -0.4 is 0 Å². The number of methoxy groups -OCH3 is 1. The van der Waals surface area contributed by atoms with Gasteiger partial charge in [0.15, 0.2) is 0 Å². The number of carbonyl (C=O) groups excluding carboxylic acids is 1. The van der Waals surface area contributed by atoms with Crippen LogP contribution in [0.5, 0.6) is 0 Å². The largest absolute Gasteiger partial charge is 0.465 e. The predicted molar refractivity (Wildman–Crippen MR) is 67.8 cm³/mol. The van der Waals surface area contributed by atoms with E-state index in [9.17, 15) is 18.0 Å². The molecule has 0 aromatic heterocycles. The van der Waals surface area contributed by atoms with Crippen LogP contribution in [-0.4, -0.2) is 18.6 Å². The van der Waals surface area contributed by atoms with Crippen LogP contribution in [0.25, 0.3) is 6.08 Å². The maximum Gasteiger partial charge on any atom is 0.446 e. The highest BCUT2D eigenvalue weighted by Gasteiger charge is 2.33. The summed E-state index contributed by atoms with van der Waals surface area (Å²) < 4.78 is 41.9. The number of carbonyl (C=O) groups is 1. The molecule has 18 heavy (non-hydrogen) atoms. The standard InChI is InChI=1S/C11H8BrF3O2S/c1-17-10(16)9(18-11(13,14)15)6-7-3-2-4-8(12)5-7/h2-6H,1H3/b9-6-. The van der Waals surface area contributed by atoms with Crippen LogP contribution in [0.1, 0.15) is 5.56 Å². The van der Waals surface area contributed by atoms with Gasteiger partial charge in [0.25, 0.3) is 0 Å². The Kier molecular flexibility index (Phi) is 5.28. The molecular formula is C11H8BrF3O2S. The Balaban J connectivity index is 3.06. The molecule has 7 heteroatoms. The molecule has 98 valence electrons. The van der Waals surface area contributed by atoms with Crippen LogP contribution in [0.4, 0.5) is 13.2 Å². The highest BCUT2D eigenvalue weighted by molar-refractivity contribution is 9.10. The van der Waals surface area contributed by atoms with E-state index in [4.69, 9.17) is 0 Å². The molecule has 0 aliphatic rings. The average molecular weight is 341 g/mol. The second-order valence-electron chi connectivity index (χ2n) is 3.10. The first-order chi connectivity index (χ1) is 8.31. The van der Waals surface area contributed by atoms with Crippen LogP contribution in [0, 0.1) is 0 Å². The first-order valence-electron chi connectivity index (χ1n) is 4.63. The zero-order valence-electron chi connectivity index (χ0n) is 9.12. The van der Waals surface area contributed by atoms with Crippen molar-refractivity contribution in [3.63, 3.8) is 0 Å². The fraction of sp³-hybridized carbons (Fsp3) is 0.182. The quantitative estimate of drug-likeness (QED) is 0.608. The summed E-state index contributed by atoms with van der Waals surface area (Å²) in [6.45, 7) is 0. The lowest BCUT2D eigenvalue weighted by Gasteiger charge is -2.08. The maximum absolute atomic E-state index is 12.3. The van der Waals surface area contributed by atoms with E-state index in [0.717, 1.165) is 13.2 Å². The summed E-state index contributed by atoms with van der Waals surface area (Å²) in [7, 11) is 1.04. The van der Waals surface area contributed by atoms with Crippen molar-refractivity contribution in [3.05, 3.63) is 39.2 Å². The van der Waals surface area contributed by atoms with E-state index in [2.05, 4.69) is 20.7 Å². The molecule has 1 aromatic carbocycles. The van der Waals surface area contributed by atoms with Crippen LogP contribution in [0.2, 0.25) is 0 Å². The van der Waals surface area contributed by atoms with Crippen molar-refractivity contribution in [1.29, 1.82) is 0 Å². The van der Waals surface area contributed by atoms with Gasteiger partial charge in [-0.2, -0.15) is 13.2 Å². The molecule has 0 heterocycles. The minimum Gasteiger partial charge on any atom is -0.465 e. The van der Waals surface area contributed by atoms with E-state index in [0.29, 0.717) is 10.0 Å². The molecule has 0 atom stereocenters. The Morgan fingerprint density at radius 1 is 1.44 bits per heavy atom. The van der Waals surface area contributed by atoms with E-state index in [1.807, 2.05) is 0 Å². The lowest BCUT2D eigenvalue weighted by atomic mass is 10.2.